The second kappa shape index (κ2) is 14.9. The first-order chi connectivity index (χ1) is 15.3. The Balaban J connectivity index is 2.69. The molecule has 0 atom stereocenters. The van der Waals surface area contributed by atoms with Crippen molar-refractivity contribution in [1.29, 1.82) is 10.8 Å². The number of hydrogen-bond donors (Lipinski definition) is 5. The minimum Gasteiger partial charge on any atom is -0.480 e. The summed E-state index contributed by atoms with van der Waals surface area (Å²) in [7, 11) is 0. The molecule has 0 amide bonds. The van der Waals surface area contributed by atoms with Gasteiger partial charge in [-0.3, -0.25) is 9.59 Å². The number of unbranched alkanes of at least 4 members (excludes halogenated alkanes) is 1. The van der Waals surface area contributed by atoms with E-state index in [2.05, 4.69) is 10.6 Å². The summed E-state index contributed by atoms with van der Waals surface area (Å²) in [6, 6.07) is 5.59. The number of carboxylic acid groups (broad SMARTS) is 1. The Bertz CT molecular complexity index is 872. The number of aryl methyl sites for hydroxylation is 1. The van der Waals surface area contributed by atoms with E-state index in [9.17, 15) is 9.59 Å². The maximum Gasteiger partial charge on any atom is 0.317 e. The fourth-order valence-electron chi connectivity index (χ4n) is 3.17. The van der Waals surface area contributed by atoms with Crippen molar-refractivity contribution in [1.82, 2.24) is 5.32 Å². The summed E-state index contributed by atoms with van der Waals surface area (Å²) in [5, 5.41) is 30.8. The van der Waals surface area contributed by atoms with Crippen LogP contribution in [0.4, 0.5) is 5.69 Å². The third-order valence-corrected chi connectivity index (χ3v) is 4.90. The van der Waals surface area contributed by atoms with Crippen LogP contribution in [0.15, 0.2) is 42.1 Å². The summed E-state index contributed by atoms with van der Waals surface area (Å²) in [6.07, 6.45) is 9.52. The Morgan fingerprint density at radius 2 is 1.94 bits per heavy atom. The molecule has 0 aromatic heterocycles. The summed E-state index contributed by atoms with van der Waals surface area (Å²) in [5.74, 6) is -0.945. The van der Waals surface area contributed by atoms with Crippen molar-refractivity contribution in [2.45, 2.75) is 59.3 Å². The fourth-order valence-corrected chi connectivity index (χ4v) is 3.17. The molecule has 7 heteroatoms. The van der Waals surface area contributed by atoms with E-state index < -0.39 is 5.97 Å². The van der Waals surface area contributed by atoms with Gasteiger partial charge in [-0.1, -0.05) is 25.2 Å². The normalized spacial score (nSPS) is 11.5. The van der Waals surface area contributed by atoms with Gasteiger partial charge in [-0.05, 0) is 76.3 Å². The number of carboxylic acids is 1. The molecule has 5 N–H and O–H groups in total. The van der Waals surface area contributed by atoms with Gasteiger partial charge in [-0.2, -0.15) is 0 Å². The van der Waals surface area contributed by atoms with Crippen LogP contribution in [0.5, 0.6) is 0 Å². The third-order valence-electron chi connectivity index (χ3n) is 4.90. The summed E-state index contributed by atoms with van der Waals surface area (Å²) >= 11 is 0. The second-order valence-corrected chi connectivity index (χ2v) is 7.63. The summed E-state index contributed by atoms with van der Waals surface area (Å²) in [6.45, 7) is 6.22. The molecule has 0 aliphatic carbocycles. The summed E-state index contributed by atoms with van der Waals surface area (Å²) < 4.78 is 0. The Kier molecular flexibility index (Phi) is 12.5. The van der Waals surface area contributed by atoms with Gasteiger partial charge in [-0.15, -0.1) is 0 Å². The number of nitrogens with one attached hydrogen (secondary N) is 4. The molecule has 0 fully saturated rings. The van der Waals surface area contributed by atoms with E-state index in [0.717, 1.165) is 36.2 Å². The molecule has 0 spiro atoms. The van der Waals surface area contributed by atoms with Crippen LogP contribution < -0.4 is 10.6 Å². The zero-order chi connectivity index (χ0) is 23.9. The lowest BCUT2D eigenvalue weighted by atomic mass is 9.96. The van der Waals surface area contributed by atoms with Gasteiger partial charge < -0.3 is 26.6 Å². The molecule has 0 aliphatic rings. The first-order valence-electron chi connectivity index (χ1n) is 11.1. The number of rotatable bonds is 16. The molecule has 0 radical (unpaired) electrons. The van der Waals surface area contributed by atoms with Crippen LogP contribution in [0, 0.1) is 10.8 Å². The van der Waals surface area contributed by atoms with Crippen molar-refractivity contribution in [3.8, 4) is 0 Å². The highest BCUT2D eigenvalue weighted by atomic mass is 16.4. The van der Waals surface area contributed by atoms with Gasteiger partial charge in [0.15, 0.2) is 5.78 Å². The van der Waals surface area contributed by atoms with E-state index in [1.165, 1.54) is 0 Å². The lowest BCUT2D eigenvalue weighted by Crippen LogP contribution is -2.23. The molecular formula is C25H36N4O3. The van der Waals surface area contributed by atoms with Crippen LogP contribution in [0.25, 0.3) is 0 Å². The zero-order valence-corrected chi connectivity index (χ0v) is 19.4. The van der Waals surface area contributed by atoms with E-state index >= 15 is 0 Å². The minimum atomic E-state index is -0.884. The topological polar surface area (TPSA) is 126 Å². The van der Waals surface area contributed by atoms with Crippen molar-refractivity contribution >= 4 is 28.9 Å². The lowest BCUT2D eigenvalue weighted by molar-refractivity contribution is -0.135. The van der Waals surface area contributed by atoms with Gasteiger partial charge in [0.25, 0.3) is 0 Å². The molecule has 0 heterocycles. The number of allylic oxidation sites excluding steroid dienone is 4. The average molecular weight is 441 g/mol. The average Bonchev–Trinajstić information content (AvgIpc) is 2.74. The van der Waals surface area contributed by atoms with Crippen LogP contribution in [0.1, 0.15) is 68.8 Å². The smallest absolute Gasteiger partial charge is 0.317 e. The van der Waals surface area contributed by atoms with Crippen LogP contribution >= 0.6 is 0 Å². The predicted octanol–water partition coefficient (Wildman–Crippen LogP) is 4.99. The van der Waals surface area contributed by atoms with Crippen LogP contribution in [-0.2, 0) is 11.2 Å². The second-order valence-electron chi connectivity index (χ2n) is 7.63. The molecule has 0 aliphatic heterocycles. The molecule has 0 bridgehead atoms. The number of anilines is 1. The maximum atomic E-state index is 12.8. The largest absolute Gasteiger partial charge is 0.480 e. The number of hydrogen-bond acceptors (Lipinski definition) is 6. The molecular weight excluding hydrogens is 404 g/mol. The van der Waals surface area contributed by atoms with Crippen molar-refractivity contribution in [3.05, 3.63) is 53.3 Å². The SMILES string of the molecule is C/C=C\C/C=C(\Nc1ccc(C(=O)CC(=N)CCCCNCC(=O)O)c(CC)c1)C(C)=N. The number of Topliss-reactive ketones (excluding diaryl/α,β-unsaturated/α-hetero) is 1. The Morgan fingerprint density at radius 3 is 2.56 bits per heavy atom. The van der Waals surface area contributed by atoms with Gasteiger partial charge in [0.05, 0.1) is 18.0 Å². The van der Waals surface area contributed by atoms with E-state index in [4.69, 9.17) is 15.9 Å². The van der Waals surface area contributed by atoms with E-state index in [1.54, 1.807) is 13.0 Å². The molecule has 1 aromatic rings. The molecule has 1 aromatic carbocycles. The van der Waals surface area contributed by atoms with Gasteiger partial charge in [0.1, 0.15) is 0 Å². The first kappa shape index (κ1) is 27.0. The standard InChI is InChI=1S/C25H36N4O3/c1-4-6-7-11-23(18(3)26)29-21-12-13-22(19(5-2)15-21)24(30)16-20(27)10-8-9-14-28-17-25(31)32/h4,6,11-13,15,26-29H,5,7-10,14,16-17H2,1-3H3,(H,31,32)/b6-4-,23-11-,26-18?,27-20?. The Morgan fingerprint density at radius 1 is 1.19 bits per heavy atom. The number of carbonyl (C=O) groups is 2. The van der Waals surface area contributed by atoms with Crippen LogP contribution in [0.2, 0.25) is 0 Å². The lowest BCUT2D eigenvalue weighted by Gasteiger charge is -2.14. The highest BCUT2D eigenvalue weighted by Gasteiger charge is 2.14. The van der Waals surface area contributed by atoms with Gasteiger partial charge in [0.2, 0.25) is 0 Å². The van der Waals surface area contributed by atoms with Crippen LogP contribution in [-0.4, -0.2) is 41.4 Å². The van der Waals surface area contributed by atoms with Crippen molar-refractivity contribution in [2.75, 3.05) is 18.4 Å². The maximum absolute atomic E-state index is 12.8. The Labute approximate surface area is 191 Å². The van der Waals surface area contributed by atoms with Gasteiger partial charge >= 0.3 is 5.97 Å². The quantitative estimate of drug-likeness (QED) is 0.107. The first-order valence-corrected chi connectivity index (χ1v) is 11.1. The van der Waals surface area contributed by atoms with E-state index in [1.807, 2.05) is 44.2 Å². The molecule has 0 saturated heterocycles. The number of carbonyl (C=O) groups excluding carboxylic acids is 1. The number of aliphatic carboxylic acids is 1. The monoisotopic (exact) mass is 440 g/mol. The number of ketones is 1. The third kappa shape index (κ3) is 10.3. The molecule has 7 nitrogen and oxygen atoms in total. The minimum absolute atomic E-state index is 0.0607. The van der Waals surface area contributed by atoms with E-state index in [0.29, 0.717) is 36.4 Å². The summed E-state index contributed by atoms with van der Waals surface area (Å²) in [5.41, 5.74) is 3.97. The van der Waals surface area contributed by atoms with Crippen molar-refractivity contribution < 1.29 is 14.7 Å². The molecule has 0 unspecified atom stereocenters. The van der Waals surface area contributed by atoms with Crippen LogP contribution in [0.3, 0.4) is 0 Å². The highest BCUT2D eigenvalue weighted by Crippen LogP contribution is 2.21. The van der Waals surface area contributed by atoms with E-state index in [-0.39, 0.29) is 18.7 Å². The van der Waals surface area contributed by atoms with Crippen molar-refractivity contribution in [2.24, 2.45) is 0 Å². The molecule has 32 heavy (non-hydrogen) atoms. The molecule has 0 saturated carbocycles. The number of benzene rings is 1. The molecule has 1 rings (SSSR count). The van der Waals surface area contributed by atoms with Gasteiger partial charge in [-0.25, -0.2) is 0 Å². The predicted molar refractivity (Wildman–Crippen MR) is 131 cm³/mol. The van der Waals surface area contributed by atoms with Gasteiger partial charge in [0, 0.05) is 23.4 Å². The molecule has 174 valence electrons. The fraction of sp³-hybridized carbons (Fsp3) is 0.440. The summed E-state index contributed by atoms with van der Waals surface area (Å²) in [4.78, 5) is 23.2. The highest BCUT2D eigenvalue weighted by molar-refractivity contribution is 6.09. The Hall–Kier alpha value is -3.06. The van der Waals surface area contributed by atoms with Crippen molar-refractivity contribution in [3.63, 3.8) is 0 Å². The zero-order valence-electron chi connectivity index (χ0n) is 19.4.